The van der Waals surface area contributed by atoms with E-state index < -0.39 is 0 Å². The first-order chi connectivity index (χ1) is 15.2. The third kappa shape index (κ3) is 3.96. The van der Waals surface area contributed by atoms with E-state index in [4.69, 9.17) is 9.53 Å². The van der Waals surface area contributed by atoms with Gasteiger partial charge >= 0.3 is 204 Å². The zero-order valence-corrected chi connectivity index (χ0v) is 22.3. The summed E-state index contributed by atoms with van der Waals surface area (Å²) in [6, 6.07) is 17.9. The molecular weight excluding hydrogens is 506 g/mol. The Bertz CT molecular complexity index is 1320. The van der Waals surface area contributed by atoms with Crippen molar-refractivity contribution >= 4 is 15.0 Å². The van der Waals surface area contributed by atoms with E-state index in [0.29, 0.717) is 11.8 Å². The van der Waals surface area contributed by atoms with E-state index in [1.165, 1.54) is 50.3 Å². The van der Waals surface area contributed by atoms with Crippen LogP contribution in [0.15, 0.2) is 54.7 Å². The molecule has 2 aromatic carbocycles. The first kappa shape index (κ1) is 23.2. The summed E-state index contributed by atoms with van der Waals surface area (Å²) in [5, 5.41) is 0. The average molecular weight is 538 g/mol. The van der Waals surface area contributed by atoms with Crippen LogP contribution in [0.5, 0.6) is 0 Å². The van der Waals surface area contributed by atoms with Gasteiger partial charge in [0.25, 0.3) is 0 Å². The third-order valence-corrected chi connectivity index (χ3v) is 7.81. The van der Waals surface area contributed by atoms with Crippen molar-refractivity contribution in [2.75, 3.05) is 0 Å². The van der Waals surface area contributed by atoms with Gasteiger partial charge in [-0.15, -0.1) is 0 Å². The summed E-state index contributed by atoms with van der Waals surface area (Å²) in [5.41, 5.74) is 11.6. The Morgan fingerprint density at radius 2 is 1.38 bits per heavy atom. The van der Waals surface area contributed by atoms with Crippen LogP contribution >= 0.6 is 9.53 Å². The molecule has 0 unspecified atom stereocenters. The molecule has 2 heterocycles. The van der Waals surface area contributed by atoms with Gasteiger partial charge in [0.2, 0.25) is 0 Å². The predicted octanol–water partition coefficient (Wildman–Crippen LogP) is 8.34. The summed E-state index contributed by atoms with van der Waals surface area (Å²) in [5.74, 6) is 0.874. The molecule has 0 bridgehead atoms. The number of pyridine rings is 1. The molecule has 2 aromatic heterocycles. The molecule has 0 aliphatic heterocycles. The standard InChI is InChI=1S/C28H32N2.ClH.Pd/c1-18(2)24-11-9-12-25(19(3)4)27(24)26-13-8-10-23-16-29(17-30(23)26)28-21(6)14-20(5)15-22(28)7;;/h8-16,18-19H,1-7H3;1H;/q;;+1/p-1. The van der Waals surface area contributed by atoms with Crippen molar-refractivity contribution in [1.29, 1.82) is 0 Å². The van der Waals surface area contributed by atoms with Crippen molar-refractivity contribution in [3.8, 4) is 16.9 Å². The Labute approximate surface area is 203 Å². The molecule has 32 heavy (non-hydrogen) atoms. The van der Waals surface area contributed by atoms with Crippen molar-refractivity contribution in [1.82, 2.24) is 8.97 Å². The van der Waals surface area contributed by atoms with Gasteiger partial charge in [-0.1, -0.05) is 0 Å². The monoisotopic (exact) mass is 537 g/mol. The second-order valence-electron chi connectivity index (χ2n) is 9.34. The van der Waals surface area contributed by atoms with Crippen LogP contribution in [0.2, 0.25) is 0 Å². The number of imidazole rings is 1. The molecule has 4 aromatic rings. The molecule has 2 nitrogen and oxygen atoms in total. The van der Waals surface area contributed by atoms with Crippen molar-refractivity contribution in [3.05, 3.63) is 86.4 Å². The van der Waals surface area contributed by atoms with Crippen molar-refractivity contribution in [2.45, 2.75) is 60.3 Å². The summed E-state index contributed by atoms with van der Waals surface area (Å²) in [6.07, 6.45) is 2.25. The van der Waals surface area contributed by atoms with Crippen LogP contribution in [0, 0.1) is 24.7 Å². The Balaban J connectivity index is 2.14. The minimum atomic E-state index is -0.0831. The van der Waals surface area contributed by atoms with E-state index >= 15 is 0 Å². The molecule has 0 spiro atoms. The van der Waals surface area contributed by atoms with E-state index in [2.05, 4.69) is 112 Å². The fourth-order valence-corrected chi connectivity index (χ4v) is 6.50. The van der Waals surface area contributed by atoms with Gasteiger partial charge in [0.1, 0.15) is 0 Å². The number of aryl methyl sites for hydroxylation is 3. The van der Waals surface area contributed by atoms with Gasteiger partial charge in [-0.05, 0) is 0 Å². The van der Waals surface area contributed by atoms with E-state index in [1.54, 1.807) is 0 Å². The molecule has 0 aliphatic carbocycles. The second-order valence-corrected chi connectivity index (χ2v) is 11.0. The fourth-order valence-electron chi connectivity index (χ4n) is 4.91. The Kier molecular flexibility index (Phi) is 6.64. The molecule has 0 saturated carbocycles. The van der Waals surface area contributed by atoms with Gasteiger partial charge in [0.15, 0.2) is 0 Å². The first-order valence-corrected chi connectivity index (χ1v) is 14.0. The van der Waals surface area contributed by atoms with Gasteiger partial charge in [0.05, 0.1) is 0 Å². The molecule has 4 rings (SSSR count). The minimum absolute atomic E-state index is 0.0831. The number of rotatable bonds is 4. The quantitative estimate of drug-likeness (QED) is 0.231. The molecule has 171 valence electrons. The molecule has 0 N–H and O–H groups in total. The average Bonchev–Trinajstić information content (AvgIpc) is 3.10. The van der Waals surface area contributed by atoms with E-state index in [0.717, 1.165) is 3.89 Å². The molecule has 0 fully saturated rings. The number of halogens is 1. The summed E-state index contributed by atoms with van der Waals surface area (Å²) >= 11 is -0.0831. The zero-order chi connectivity index (χ0) is 23.2. The molecule has 4 heteroatoms. The topological polar surface area (TPSA) is 9.34 Å². The van der Waals surface area contributed by atoms with Gasteiger partial charge in [-0.3, -0.25) is 0 Å². The second kappa shape index (κ2) is 9.14. The number of fused-ring (bicyclic) bond motifs is 1. The van der Waals surface area contributed by atoms with Crippen LogP contribution in [0.3, 0.4) is 0 Å². The maximum atomic E-state index is 6.71. The number of benzene rings is 2. The zero-order valence-electron chi connectivity index (χ0n) is 19.9. The summed E-state index contributed by atoms with van der Waals surface area (Å²) in [6.45, 7) is 15.7. The van der Waals surface area contributed by atoms with Crippen LogP contribution in [0.4, 0.5) is 0 Å². The van der Waals surface area contributed by atoms with Crippen LogP contribution in [-0.4, -0.2) is 8.97 Å². The first-order valence-electron chi connectivity index (χ1n) is 11.2. The van der Waals surface area contributed by atoms with Gasteiger partial charge < -0.3 is 0 Å². The maximum absolute atomic E-state index is 6.71. The Hall–Kier alpha value is -1.92. The predicted molar refractivity (Wildman–Crippen MR) is 134 cm³/mol. The molecular formula is C28H32ClN2Pd. The summed E-state index contributed by atoms with van der Waals surface area (Å²) in [7, 11) is 6.71. The normalized spacial score (nSPS) is 13.0. The number of nitrogens with zero attached hydrogens (tertiary/aromatic N) is 2. The van der Waals surface area contributed by atoms with Crippen molar-refractivity contribution < 1.29 is 16.5 Å². The van der Waals surface area contributed by atoms with Crippen molar-refractivity contribution in [2.24, 2.45) is 0 Å². The van der Waals surface area contributed by atoms with E-state index in [9.17, 15) is 0 Å². The molecule has 0 amide bonds. The summed E-state index contributed by atoms with van der Waals surface area (Å²) in [4.78, 5) is 0. The van der Waals surface area contributed by atoms with Crippen LogP contribution in [0.1, 0.15) is 67.3 Å². The molecule has 0 saturated heterocycles. The molecule has 0 radical (unpaired) electrons. The molecule has 0 atom stereocenters. The number of aromatic nitrogens is 2. The number of hydrogen-bond acceptors (Lipinski definition) is 0. The fraction of sp³-hybridized carbons (Fsp3) is 0.321. The van der Waals surface area contributed by atoms with Crippen molar-refractivity contribution in [3.63, 3.8) is 0 Å². The van der Waals surface area contributed by atoms with E-state index in [1.807, 2.05) is 0 Å². The van der Waals surface area contributed by atoms with Crippen LogP contribution in [-0.2, 0) is 16.5 Å². The third-order valence-electron chi connectivity index (χ3n) is 6.20. The van der Waals surface area contributed by atoms with Gasteiger partial charge in [-0.2, -0.15) is 0 Å². The van der Waals surface area contributed by atoms with Gasteiger partial charge in [-0.25, -0.2) is 0 Å². The SMILES string of the molecule is Cc1cc(C)c(-n2cc3cccc(-c4c(C(C)C)cccc4C(C)C)n3[c]2=[Pd][Cl])c(C)c1. The Morgan fingerprint density at radius 1 is 0.812 bits per heavy atom. The number of hydrogen-bond donors (Lipinski definition) is 0. The Morgan fingerprint density at radius 3 is 1.91 bits per heavy atom. The van der Waals surface area contributed by atoms with Crippen LogP contribution in [0.25, 0.3) is 22.5 Å². The van der Waals surface area contributed by atoms with E-state index in [-0.39, 0.29) is 16.5 Å². The molecule has 0 aliphatic rings. The van der Waals surface area contributed by atoms with Crippen LogP contribution < -0.4 is 0 Å². The van der Waals surface area contributed by atoms with Gasteiger partial charge in [0, 0.05) is 0 Å². The summed E-state index contributed by atoms with van der Waals surface area (Å²) < 4.78 is 5.83.